The van der Waals surface area contributed by atoms with Crippen LogP contribution in [-0.4, -0.2) is 20.3 Å². The van der Waals surface area contributed by atoms with Gasteiger partial charge in [-0.25, -0.2) is 0 Å². The molecular weight excluding hydrogens is 406 g/mol. The third-order valence-electron chi connectivity index (χ3n) is 2.76. The van der Waals surface area contributed by atoms with Crippen LogP contribution in [0.1, 0.15) is 16.5 Å². The molecule has 0 amide bonds. The van der Waals surface area contributed by atoms with Gasteiger partial charge in [0.25, 0.3) is 0 Å². The van der Waals surface area contributed by atoms with Gasteiger partial charge in [-0.05, 0) is 61.7 Å². The van der Waals surface area contributed by atoms with Gasteiger partial charge in [-0.15, -0.1) is 11.3 Å². The standard InChI is InChI=1S/C14H15Br2NO2S/c1-18-6-7-19-11-3-2-9(8-10(11)15)14(17)12-4-5-13(16)20-12/h2-5,8,14H,6-7,17H2,1H3. The Labute approximate surface area is 139 Å². The summed E-state index contributed by atoms with van der Waals surface area (Å²) in [5, 5.41) is 0. The lowest BCUT2D eigenvalue weighted by molar-refractivity contribution is 0.146. The lowest BCUT2D eigenvalue weighted by atomic mass is 10.1. The highest BCUT2D eigenvalue weighted by Gasteiger charge is 2.13. The Morgan fingerprint density at radius 1 is 1.20 bits per heavy atom. The maximum absolute atomic E-state index is 6.28. The first kappa shape index (κ1) is 16.0. The second-order valence-electron chi connectivity index (χ2n) is 4.15. The topological polar surface area (TPSA) is 44.5 Å². The molecule has 20 heavy (non-hydrogen) atoms. The zero-order valence-corrected chi connectivity index (χ0v) is 14.9. The van der Waals surface area contributed by atoms with Gasteiger partial charge in [0.05, 0.1) is 20.9 Å². The van der Waals surface area contributed by atoms with Gasteiger partial charge < -0.3 is 15.2 Å². The Hall–Kier alpha value is -0.400. The Bertz CT molecular complexity index is 574. The average Bonchev–Trinajstić information content (AvgIpc) is 2.86. The van der Waals surface area contributed by atoms with Gasteiger partial charge in [0.2, 0.25) is 0 Å². The molecule has 1 atom stereocenters. The molecule has 0 saturated carbocycles. The molecule has 0 saturated heterocycles. The van der Waals surface area contributed by atoms with Crippen LogP contribution in [0, 0.1) is 0 Å². The fourth-order valence-electron chi connectivity index (χ4n) is 1.72. The fourth-order valence-corrected chi connectivity index (χ4v) is 3.69. The number of rotatable bonds is 6. The summed E-state index contributed by atoms with van der Waals surface area (Å²) in [6, 6.07) is 9.84. The van der Waals surface area contributed by atoms with Gasteiger partial charge in [0.1, 0.15) is 12.4 Å². The van der Waals surface area contributed by atoms with E-state index in [0.29, 0.717) is 13.2 Å². The zero-order valence-electron chi connectivity index (χ0n) is 10.9. The summed E-state index contributed by atoms with van der Waals surface area (Å²) < 4.78 is 12.6. The van der Waals surface area contributed by atoms with Gasteiger partial charge in [0, 0.05) is 12.0 Å². The molecule has 6 heteroatoms. The van der Waals surface area contributed by atoms with E-state index in [1.807, 2.05) is 30.3 Å². The van der Waals surface area contributed by atoms with Crippen molar-refractivity contribution in [2.24, 2.45) is 5.73 Å². The number of thiophene rings is 1. The quantitative estimate of drug-likeness (QED) is 0.706. The average molecular weight is 421 g/mol. The van der Waals surface area contributed by atoms with Crippen molar-refractivity contribution in [1.29, 1.82) is 0 Å². The van der Waals surface area contributed by atoms with Crippen molar-refractivity contribution in [3.05, 3.63) is 49.0 Å². The van der Waals surface area contributed by atoms with Crippen molar-refractivity contribution in [3.8, 4) is 5.75 Å². The van der Waals surface area contributed by atoms with Crippen LogP contribution in [0.4, 0.5) is 0 Å². The molecular formula is C14H15Br2NO2S. The molecule has 0 bridgehead atoms. The highest BCUT2D eigenvalue weighted by atomic mass is 79.9. The summed E-state index contributed by atoms with van der Waals surface area (Å²) in [4.78, 5) is 1.12. The van der Waals surface area contributed by atoms with Crippen molar-refractivity contribution >= 4 is 43.2 Å². The Kier molecular flexibility index (Phi) is 6.04. The molecule has 0 radical (unpaired) electrons. The summed E-state index contributed by atoms with van der Waals surface area (Å²) in [5.41, 5.74) is 7.32. The Balaban J connectivity index is 2.12. The smallest absolute Gasteiger partial charge is 0.133 e. The monoisotopic (exact) mass is 419 g/mol. The van der Waals surface area contributed by atoms with Crippen LogP contribution >= 0.6 is 43.2 Å². The Morgan fingerprint density at radius 3 is 2.60 bits per heavy atom. The van der Waals surface area contributed by atoms with Crippen LogP contribution in [-0.2, 0) is 4.74 Å². The third kappa shape index (κ3) is 4.05. The normalized spacial score (nSPS) is 12.4. The minimum atomic E-state index is -0.129. The molecule has 2 N–H and O–H groups in total. The van der Waals surface area contributed by atoms with Crippen molar-refractivity contribution in [3.63, 3.8) is 0 Å². The van der Waals surface area contributed by atoms with Crippen molar-refractivity contribution < 1.29 is 9.47 Å². The first-order valence-electron chi connectivity index (χ1n) is 6.04. The van der Waals surface area contributed by atoms with Gasteiger partial charge in [0.15, 0.2) is 0 Å². The molecule has 3 nitrogen and oxygen atoms in total. The first-order valence-corrected chi connectivity index (χ1v) is 8.44. The van der Waals surface area contributed by atoms with Crippen LogP contribution in [0.5, 0.6) is 5.75 Å². The Morgan fingerprint density at radius 2 is 2.00 bits per heavy atom. The summed E-state index contributed by atoms with van der Waals surface area (Å²) in [6.45, 7) is 1.09. The number of hydrogen-bond acceptors (Lipinski definition) is 4. The van der Waals surface area contributed by atoms with Crippen molar-refractivity contribution in [2.75, 3.05) is 20.3 Å². The van der Waals surface area contributed by atoms with Gasteiger partial charge in [-0.2, -0.15) is 0 Å². The zero-order chi connectivity index (χ0) is 14.5. The molecule has 0 spiro atoms. The lowest BCUT2D eigenvalue weighted by Crippen LogP contribution is -2.10. The molecule has 2 aromatic rings. The van der Waals surface area contributed by atoms with Gasteiger partial charge >= 0.3 is 0 Å². The molecule has 0 aliphatic carbocycles. The summed E-state index contributed by atoms with van der Waals surface area (Å²) in [5.74, 6) is 0.797. The number of nitrogens with two attached hydrogens (primary N) is 1. The van der Waals surface area contributed by atoms with Gasteiger partial charge in [-0.3, -0.25) is 0 Å². The number of methoxy groups -OCH3 is 1. The van der Waals surface area contributed by atoms with Crippen LogP contribution in [0.2, 0.25) is 0 Å². The van der Waals surface area contributed by atoms with E-state index in [-0.39, 0.29) is 6.04 Å². The van der Waals surface area contributed by atoms with E-state index in [4.69, 9.17) is 15.2 Å². The minimum Gasteiger partial charge on any atom is -0.490 e. The predicted molar refractivity (Wildman–Crippen MR) is 89.6 cm³/mol. The van der Waals surface area contributed by atoms with Crippen LogP contribution in [0.3, 0.4) is 0 Å². The molecule has 108 valence electrons. The molecule has 1 aromatic heterocycles. The van der Waals surface area contributed by atoms with Crippen LogP contribution < -0.4 is 10.5 Å². The van der Waals surface area contributed by atoms with Crippen LogP contribution in [0.25, 0.3) is 0 Å². The van der Waals surface area contributed by atoms with E-state index in [0.717, 1.165) is 24.4 Å². The van der Waals surface area contributed by atoms with Crippen LogP contribution in [0.15, 0.2) is 38.6 Å². The number of ether oxygens (including phenoxy) is 2. The van der Waals surface area contributed by atoms with Crippen molar-refractivity contribution in [1.82, 2.24) is 0 Å². The highest BCUT2D eigenvalue weighted by molar-refractivity contribution is 9.11. The van der Waals surface area contributed by atoms with Gasteiger partial charge in [-0.1, -0.05) is 6.07 Å². The van der Waals surface area contributed by atoms with Crippen molar-refractivity contribution in [2.45, 2.75) is 6.04 Å². The summed E-state index contributed by atoms with van der Waals surface area (Å²) in [7, 11) is 1.65. The lowest BCUT2D eigenvalue weighted by Gasteiger charge is -2.13. The van der Waals surface area contributed by atoms with E-state index >= 15 is 0 Å². The number of halogens is 2. The van der Waals surface area contributed by atoms with E-state index in [1.54, 1.807) is 18.4 Å². The SMILES string of the molecule is COCCOc1ccc(C(N)c2ccc(Br)s2)cc1Br. The minimum absolute atomic E-state index is 0.129. The molecule has 0 aliphatic rings. The van der Waals surface area contributed by atoms with E-state index in [1.165, 1.54) is 0 Å². The molecule has 0 aliphatic heterocycles. The summed E-state index contributed by atoms with van der Waals surface area (Å²) >= 11 is 8.62. The largest absolute Gasteiger partial charge is 0.490 e. The molecule has 0 fully saturated rings. The molecule has 1 heterocycles. The highest BCUT2D eigenvalue weighted by Crippen LogP contribution is 2.33. The molecule has 1 unspecified atom stereocenters. The molecule has 2 rings (SSSR count). The van der Waals surface area contributed by atoms with E-state index in [9.17, 15) is 0 Å². The first-order chi connectivity index (χ1) is 9.61. The number of hydrogen-bond donors (Lipinski definition) is 1. The summed E-state index contributed by atoms with van der Waals surface area (Å²) in [6.07, 6.45) is 0. The second kappa shape index (κ2) is 7.56. The fraction of sp³-hybridized carbons (Fsp3) is 0.286. The second-order valence-corrected chi connectivity index (χ2v) is 7.50. The van der Waals surface area contributed by atoms with E-state index < -0.39 is 0 Å². The number of benzene rings is 1. The predicted octanol–water partition coefficient (Wildman–Crippen LogP) is 4.35. The maximum atomic E-state index is 6.28. The third-order valence-corrected chi connectivity index (χ3v) is 5.09. The molecule has 1 aromatic carbocycles. The maximum Gasteiger partial charge on any atom is 0.133 e. The van der Waals surface area contributed by atoms with E-state index in [2.05, 4.69) is 31.9 Å².